The molecule has 1 aromatic carbocycles. The van der Waals surface area contributed by atoms with Gasteiger partial charge in [0.1, 0.15) is 11.5 Å². The summed E-state index contributed by atoms with van der Waals surface area (Å²) in [6, 6.07) is 9.57. The van der Waals surface area contributed by atoms with Crippen LogP contribution in [0.3, 0.4) is 0 Å². The Morgan fingerprint density at radius 3 is 2.68 bits per heavy atom. The summed E-state index contributed by atoms with van der Waals surface area (Å²) >= 11 is 5.70. The van der Waals surface area contributed by atoms with Crippen molar-refractivity contribution < 1.29 is 4.39 Å². The lowest BCUT2D eigenvalue weighted by Crippen LogP contribution is -1.94. The summed E-state index contributed by atoms with van der Waals surface area (Å²) in [5, 5.41) is 0.188. The molecule has 96 valence electrons. The van der Waals surface area contributed by atoms with Gasteiger partial charge in [0, 0.05) is 6.42 Å². The van der Waals surface area contributed by atoms with E-state index in [2.05, 4.69) is 15.0 Å². The minimum Gasteiger partial charge on any atom is -0.383 e. The van der Waals surface area contributed by atoms with Gasteiger partial charge in [0.25, 0.3) is 0 Å². The Balaban J connectivity index is 2.10. The number of nitrogen functional groups attached to an aromatic ring is 1. The number of H-pyrrole nitrogens is 1. The number of nitrogens with one attached hydrogen (secondary N) is 1. The van der Waals surface area contributed by atoms with E-state index in [1.165, 1.54) is 0 Å². The van der Waals surface area contributed by atoms with Crippen LogP contribution in [0.2, 0.25) is 5.28 Å². The molecule has 2 aromatic heterocycles. The normalized spacial score (nSPS) is 11.1. The Kier molecular flexibility index (Phi) is 2.83. The molecule has 0 saturated heterocycles. The van der Waals surface area contributed by atoms with Crippen molar-refractivity contribution in [3.63, 3.8) is 0 Å². The Morgan fingerprint density at radius 1 is 1.21 bits per heavy atom. The molecule has 3 N–H and O–H groups in total. The highest BCUT2D eigenvalue weighted by Gasteiger charge is 2.16. The lowest BCUT2D eigenvalue weighted by atomic mass is 10.1. The van der Waals surface area contributed by atoms with Crippen molar-refractivity contribution in [3.8, 4) is 0 Å². The highest BCUT2D eigenvalue weighted by molar-refractivity contribution is 6.28. The maximum Gasteiger partial charge on any atom is 0.226 e. The number of halogens is 2. The lowest BCUT2D eigenvalue weighted by molar-refractivity contribution is 0.624. The molecule has 2 heterocycles. The second-order valence-electron chi connectivity index (χ2n) is 4.18. The summed E-state index contributed by atoms with van der Waals surface area (Å²) in [4.78, 5) is 10.6. The molecule has 0 saturated carbocycles. The van der Waals surface area contributed by atoms with E-state index in [1.807, 2.05) is 30.3 Å². The van der Waals surface area contributed by atoms with Gasteiger partial charge in [0.15, 0.2) is 5.82 Å². The molecule has 0 aliphatic heterocycles. The molecular weight excluding hydrogens is 267 g/mol. The van der Waals surface area contributed by atoms with Gasteiger partial charge < -0.3 is 10.7 Å². The molecule has 0 unspecified atom stereocenters. The zero-order chi connectivity index (χ0) is 13.4. The number of benzene rings is 1. The minimum atomic E-state index is -0.423. The van der Waals surface area contributed by atoms with Crippen LogP contribution >= 0.6 is 11.6 Å². The van der Waals surface area contributed by atoms with Gasteiger partial charge in [-0.15, -0.1) is 0 Å². The second-order valence-corrected chi connectivity index (χ2v) is 4.52. The van der Waals surface area contributed by atoms with Crippen LogP contribution in [0.1, 0.15) is 11.3 Å². The van der Waals surface area contributed by atoms with Gasteiger partial charge in [-0.3, -0.25) is 0 Å². The van der Waals surface area contributed by atoms with Crippen molar-refractivity contribution in [2.45, 2.75) is 6.42 Å². The van der Waals surface area contributed by atoms with E-state index in [0.29, 0.717) is 17.8 Å². The largest absolute Gasteiger partial charge is 0.383 e. The number of nitrogens with two attached hydrogens (primary N) is 1. The van der Waals surface area contributed by atoms with E-state index in [1.54, 1.807) is 0 Å². The minimum absolute atomic E-state index is 0.00230. The predicted octanol–water partition coefficient (Wildman–Crippen LogP) is 2.92. The van der Waals surface area contributed by atoms with Crippen molar-refractivity contribution in [3.05, 3.63) is 52.7 Å². The molecule has 3 rings (SSSR count). The number of aromatic amines is 1. The van der Waals surface area contributed by atoms with Crippen LogP contribution in [0.5, 0.6) is 0 Å². The van der Waals surface area contributed by atoms with Gasteiger partial charge in [-0.1, -0.05) is 30.3 Å². The van der Waals surface area contributed by atoms with Crippen LogP contribution in [0.15, 0.2) is 30.3 Å². The average molecular weight is 277 g/mol. The highest BCUT2D eigenvalue weighted by atomic mass is 35.5. The number of rotatable bonds is 2. The highest BCUT2D eigenvalue weighted by Crippen LogP contribution is 2.26. The molecule has 4 nitrogen and oxygen atoms in total. The molecule has 0 fully saturated rings. The lowest BCUT2D eigenvalue weighted by Gasteiger charge is -1.98. The first-order valence-corrected chi connectivity index (χ1v) is 6.06. The summed E-state index contributed by atoms with van der Waals surface area (Å²) in [5.41, 5.74) is 7.40. The fraction of sp³-hybridized carbons (Fsp3) is 0.0769. The molecule has 19 heavy (non-hydrogen) atoms. The van der Waals surface area contributed by atoms with Crippen LogP contribution < -0.4 is 5.73 Å². The summed E-state index contributed by atoms with van der Waals surface area (Å²) in [6.45, 7) is 0. The number of aromatic nitrogens is 3. The Bertz CT molecular complexity index is 739. The summed E-state index contributed by atoms with van der Waals surface area (Å²) < 4.78 is 14.3. The van der Waals surface area contributed by atoms with Crippen LogP contribution in [-0.4, -0.2) is 15.0 Å². The first-order valence-electron chi connectivity index (χ1n) is 5.68. The zero-order valence-corrected chi connectivity index (χ0v) is 10.6. The van der Waals surface area contributed by atoms with Gasteiger partial charge in [-0.25, -0.2) is 9.37 Å². The fourth-order valence-electron chi connectivity index (χ4n) is 2.03. The van der Waals surface area contributed by atoms with E-state index in [0.717, 1.165) is 5.56 Å². The van der Waals surface area contributed by atoms with Gasteiger partial charge in [-0.05, 0) is 17.2 Å². The maximum absolute atomic E-state index is 14.3. The Hall–Kier alpha value is -2.14. The van der Waals surface area contributed by atoms with Gasteiger partial charge in [0.2, 0.25) is 5.28 Å². The standard InChI is InChI=1S/C13H10ClFN4/c14-13-18-11(16)9-10(15)8(17-12(9)19-13)6-7-4-2-1-3-5-7/h1-5H,6H2,(H3,16,17,18,19). The molecule has 0 spiro atoms. The van der Waals surface area contributed by atoms with Crippen LogP contribution in [0.25, 0.3) is 11.0 Å². The SMILES string of the molecule is Nc1nc(Cl)nc2[nH]c(Cc3ccccc3)c(F)c12. The third-order valence-corrected chi connectivity index (χ3v) is 3.06. The molecule has 0 amide bonds. The summed E-state index contributed by atoms with van der Waals surface area (Å²) in [5.74, 6) is -0.379. The van der Waals surface area contributed by atoms with Crippen LogP contribution in [0.4, 0.5) is 10.2 Å². The molecule has 0 atom stereocenters. The van der Waals surface area contributed by atoms with Crippen LogP contribution in [-0.2, 0) is 6.42 Å². The molecular formula is C13H10ClFN4. The van der Waals surface area contributed by atoms with Crippen LogP contribution in [0, 0.1) is 5.82 Å². The smallest absolute Gasteiger partial charge is 0.226 e. The molecule has 0 radical (unpaired) electrons. The van der Waals surface area contributed by atoms with Crippen molar-refractivity contribution in [1.29, 1.82) is 0 Å². The maximum atomic E-state index is 14.3. The van der Waals surface area contributed by atoms with Crippen molar-refractivity contribution in [2.75, 3.05) is 5.73 Å². The van der Waals surface area contributed by atoms with Gasteiger partial charge in [-0.2, -0.15) is 4.98 Å². The Labute approximate surface area is 113 Å². The molecule has 0 aliphatic rings. The number of hydrogen-bond donors (Lipinski definition) is 2. The average Bonchev–Trinajstić information content (AvgIpc) is 2.67. The molecule has 0 bridgehead atoms. The number of anilines is 1. The topological polar surface area (TPSA) is 67.6 Å². The molecule has 3 aromatic rings. The van der Waals surface area contributed by atoms with Gasteiger partial charge >= 0.3 is 0 Å². The first kappa shape index (κ1) is 11.9. The third kappa shape index (κ3) is 2.13. The number of hydrogen-bond acceptors (Lipinski definition) is 3. The van der Waals surface area contributed by atoms with Gasteiger partial charge in [0.05, 0.1) is 11.1 Å². The quantitative estimate of drug-likeness (QED) is 0.707. The van der Waals surface area contributed by atoms with Crippen molar-refractivity contribution in [1.82, 2.24) is 15.0 Å². The summed E-state index contributed by atoms with van der Waals surface area (Å²) in [6.07, 6.45) is 0.431. The third-order valence-electron chi connectivity index (χ3n) is 2.89. The predicted molar refractivity (Wildman–Crippen MR) is 72.5 cm³/mol. The molecule has 6 heteroatoms. The first-order chi connectivity index (χ1) is 9.15. The van der Waals surface area contributed by atoms with E-state index >= 15 is 0 Å². The van der Waals surface area contributed by atoms with Crippen molar-refractivity contribution >= 4 is 28.5 Å². The summed E-state index contributed by atoms with van der Waals surface area (Å²) in [7, 11) is 0. The Morgan fingerprint density at radius 2 is 1.95 bits per heavy atom. The zero-order valence-electron chi connectivity index (χ0n) is 9.82. The monoisotopic (exact) mass is 276 g/mol. The van der Waals surface area contributed by atoms with E-state index in [-0.39, 0.29) is 16.5 Å². The number of nitrogens with zero attached hydrogens (tertiary/aromatic N) is 2. The van der Waals surface area contributed by atoms with Crippen molar-refractivity contribution in [2.24, 2.45) is 0 Å². The fourth-order valence-corrected chi connectivity index (χ4v) is 2.20. The van der Waals surface area contributed by atoms with E-state index in [9.17, 15) is 4.39 Å². The molecule has 0 aliphatic carbocycles. The van der Waals surface area contributed by atoms with E-state index in [4.69, 9.17) is 17.3 Å². The number of fused-ring (bicyclic) bond motifs is 1. The second kappa shape index (κ2) is 4.51. The van der Waals surface area contributed by atoms with E-state index < -0.39 is 5.82 Å².